The van der Waals surface area contributed by atoms with Crippen LogP contribution in [0, 0.1) is 23.0 Å². The van der Waals surface area contributed by atoms with Gasteiger partial charge >= 0.3 is 0 Å². The monoisotopic (exact) mass is 464 g/mol. The molecule has 0 radical (unpaired) electrons. The SMILES string of the molecule is COc1ccc(C2N3C=CN(N4CCCC(N)C4)C=C3CN2c2ccc(C#N)c(F)c2)cc1F. The molecule has 2 N–H and O–H groups in total. The number of rotatable bonds is 4. The molecule has 2 unspecified atom stereocenters. The molecule has 0 amide bonds. The summed E-state index contributed by atoms with van der Waals surface area (Å²) in [5.41, 5.74) is 8.44. The van der Waals surface area contributed by atoms with E-state index >= 15 is 0 Å². The standard InChI is InChI=1S/C25H26F2N6O/c1-34-24-7-5-17(11-23(24)27)25-32-10-9-31(30-8-2-3-19(29)14-30)15-21(32)16-33(25)20-6-4-18(13-28)22(26)12-20/h4-7,9-12,15,19,25H,2-3,8,14,16,29H2,1H3. The lowest BCUT2D eigenvalue weighted by Gasteiger charge is -2.40. The number of halogens is 2. The number of anilines is 1. The second kappa shape index (κ2) is 8.97. The molecular formula is C25H26F2N6O. The van der Waals surface area contributed by atoms with E-state index in [1.807, 2.05) is 35.6 Å². The van der Waals surface area contributed by atoms with Crippen molar-refractivity contribution < 1.29 is 13.5 Å². The van der Waals surface area contributed by atoms with Gasteiger partial charge in [-0.1, -0.05) is 6.07 Å². The third-order valence-electron chi connectivity index (χ3n) is 6.53. The fourth-order valence-corrected chi connectivity index (χ4v) is 4.84. The number of hydrazine groups is 1. The molecule has 0 saturated carbocycles. The number of nitrogens with two attached hydrogens (primary N) is 1. The van der Waals surface area contributed by atoms with Crippen molar-refractivity contribution in [2.24, 2.45) is 5.73 Å². The fourth-order valence-electron chi connectivity index (χ4n) is 4.84. The minimum atomic E-state index is -0.585. The first-order valence-corrected chi connectivity index (χ1v) is 11.2. The molecule has 3 aliphatic rings. The molecule has 3 heterocycles. The summed E-state index contributed by atoms with van der Waals surface area (Å²) in [5.74, 6) is -0.887. The van der Waals surface area contributed by atoms with E-state index in [-0.39, 0.29) is 17.4 Å². The lowest BCUT2D eigenvalue weighted by molar-refractivity contribution is 0.0320. The minimum Gasteiger partial charge on any atom is -0.494 e. The Kier molecular flexibility index (Phi) is 5.86. The average molecular weight is 465 g/mol. The van der Waals surface area contributed by atoms with Gasteiger partial charge < -0.3 is 20.3 Å². The summed E-state index contributed by atoms with van der Waals surface area (Å²) in [5, 5.41) is 13.4. The van der Waals surface area contributed by atoms with Crippen LogP contribution in [0.15, 0.2) is 60.7 Å². The van der Waals surface area contributed by atoms with Crippen molar-refractivity contribution in [1.82, 2.24) is 14.9 Å². The summed E-state index contributed by atoms with van der Waals surface area (Å²) < 4.78 is 34.2. The van der Waals surface area contributed by atoms with Crippen molar-refractivity contribution >= 4 is 5.69 Å². The Balaban J connectivity index is 1.53. The first kappa shape index (κ1) is 22.2. The van der Waals surface area contributed by atoms with E-state index in [9.17, 15) is 8.78 Å². The molecule has 2 aromatic rings. The molecular weight excluding hydrogens is 438 g/mol. The predicted molar refractivity (Wildman–Crippen MR) is 124 cm³/mol. The highest BCUT2D eigenvalue weighted by molar-refractivity contribution is 5.56. The van der Waals surface area contributed by atoms with E-state index in [4.69, 9.17) is 15.7 Å². The molecule has 2 saturated heterocycles. The van der Waals surface area contributed by atoms with Gasteiger partial charge in [0.25, 0.3) is 0 Å². The number of nitriles is 1. The average Bonchev–Trinajstić information content (AvgIpc) is 3.22. The predicted octanol–water partition coefficient (Wildman–Crippen LogP) is 3.63. The maximum atomic E-state index is 14.6. The first-order valence-electron chi connectivity index (χ1n) is 11.2. The van der Waals surface area contributed by atoms with Gasteiger partial charge in [0.15, 0.2) is 11.6 Å². The molecule has 2 aromatic carbocycles. The Morgan fingerprint density at radius 3 is 2.68 bits per heavy atom. The van der Waals surface area contributed by atoms with Crippen LogP contribution < -0.4 is 15.4 Å². The maximum absolute atomic E-state index is 14.6. The molecule has 34 heavy (non-hydrogen) atoms. The van der Waals surface area contributed by atoms with Crippen molar-refractivity contribution in [1.29, 1.82) is 5.26 Å². The molecule has 0 aliphatic carbocycles. The van der Waals surface area contributed by atoms with Gasteiger partial charge in [0, 0.05) is 43.4 Å². The minimum absolute atomic E-state index is 0.0144. The summed E-state index contributed by atoms with van der Waals surface area (Å²) >= 11 is 0. The van der Waals surface area contributed by atoms with Gasteiger partial charge in [0.1, 0.15) is 18.1 Å². The molecule has 176 valence electrons. The zero-order valence-electron chi connectivity index (χ0n) is 18.9. The van der Waals surface area contributed by atoms with Gasteiger partial charge in [0.2, 0.25) is 0 Å². The van der Waals surface area contributed by atoms with Gasteiger partial charge in [-0.15, -0.1) is 0 Å². The number of hydrogen-bond acceptors (Lipinski definition) is 7. The van der Waals surface area contributed by atoms with Crippen LogP contribution in [-0.2, 0) is 0 Å². The number of benzene rings is 2. The zero-order valence-corrected chi connectivity index (χ0v) is 18.9. The number of fused-ring (bicyclic) bond motifs is 1. The molecule has 0 spiro atoms. The zero-order chi connectivity index (χ0) is 23.8. The largest absolute Gasteiger partial charge is 0.494 e. The molecule has 5 rings (SSSR count). The van der Waals surface area contributed by atoms with Crippen molar-refractivity contribution in [3.63, 3.8) is 0 Å². The number of piperidine rings is 1. The van der Waals surface area contributed by atoms with E-state index in [1.165, 1.54) is 25.3 Å². The van der Waals surface area contributed by atoms with Crippen molar-refractivity contribution in [3.05, 3.63) is 83.5 Å². The Morgan fingerprint density at radius 1 is 1.12 bits per heavy atom. The van der Waals surface area contributed by atoms with Gasteiger partial charge in [-0.25, -0.2) is 13.8 Å². The van der Waals surface area contributed by atoms with E-state index in [0.29, 0.717) is 17.8 Å². The highest BCUT2D eigenvalue weighted by atomic mass is 19.1. The van der Waals surface area contributed by atoms with E-state index < -0.39 is 17.8 Å². The van der Waals surface area contributed by atoms with Gasteiger partial charge in [0.05, 0.1) is 24.9 Å². The van der Waals surface area contributed by atoms with Crippen LogP contribution in [0.5, 0.6) is 5.75 Å². The molecule has 2 atom stereocenters. The highest BCUT2D eigenvalue weighted by Crippen LogP contribution is 2.42. The first-order chi connectivity index (χ1) is 16.5. The Labute approximate surface area is 197 Å². The third-order valence-corrected chi connectivity index (χ3v) is 6.53. The Hall–Kier alpha value is -3.61. The number of ether oxygens (including phenoxy) is 1. The molecule has 0 aromatic heterocycles. The summed E-state index contributed by atoms with van der Waals surface area (Å²) in [6.45, 7) is 2.16. The summed E-state index contributed by atoms with van der Waals surface area (Å²) in [6.07, 6.45) is 7.62. The number of nitrogens with zero attached hydrogens (tertiary/aromatic N) is 5. The third kappa shape index (κ3) is 3.95. The molecule has 2 fully saturated rings. The van der Waals surface area contributed by atoms with Crippen LogP contribution in [0.25, 0.3) is 0 Å². The Bertz CT molecular complexity index is 1190. The molecule has 3 aliphatic heterocycles. The second-order valence-corrected chi connectivity index (χ2v) is 8.69. The van der Waals surface area contributed by atoms with E-state index in [0.717, 1.165) is 31.6 Å². The van der Waals surface area contributed by atoms with E-state index in [1.54, 1.807) is 12.1 Å². The highest BCUT2D eigenvalue weighted by Gasteiger charge is 2.38. The lowest BCUT2D eigenvalue weighted by atomic mass is 10.1. The summed E-state index contributed by atoms with van der Waals surface area (Å²) in [4.78, 5) is 4.05. The normalized spacial score (nSPS) is 22.4. The lowest BCUT2D eigenvalue weighted by Crippen LogP contribution is -2.49. The summed E-state index contributed by atoms with van der Waals surface area (Å²) in [7, 11) is 1.43. The van der Waals surface area contributed by atoms with Gasteiger partial charge in [-0.2, -0.15) is 5.26 Å². The van der Waals surface area contributed by atoms with E-state index in [2.05, 4.69) is 14.9 Å². The number of hydrogen-bond donors (Lipinski definition) is 1. The maximum Gasteiger partial charge on any atom is 0.165 e. The number of methoxy groups -OCH3 is 1. The van der Waals surface area contributed by atoms with Crippen molar-refractivity contribution in [3.8, 4) is 11.8 Å². The second-order valence-electron chi connectivity index (χ2n) is 8.69. The smallest absolute Gasteiger partial charge is 0.165 e. The van der Waals surface area contributed by atoms with Crippen LogP contribution >= 0.6 is 0 Å². The van der Waals surface area contributed by atoms with Crippen LogP contribution in [0.1, 0.15) is 30.1 Å². The molecule has 7 nitrogen and oxygen atoms in total. The quantitative estimate of drug-likeness (QED) is 0.741. The van der Waals surface area contributed by atoms with Crippen LogP contribution in [-0.4, -0.2) is 47.7 Å². The van der Waals surface area contributed by atoms with Crippen LogP contribution in [0.3, 0.4) is 0 Å². The van der Waals surface area contributed by atoms with Gasteiger partial charge in [-0.05, 0) is 48.7 Å². The molecule has 0 bridgehead atoms. The van der Waals surface area contributed by atoms with Crippen LogP contribution in [0.4, 0.5) is 14.5 Å². The Morgan fingerprint density at radius 2 is 1.97 bits per heavy atom. The molecule has 9 heteroatoms. The topological polar surface area (TPSA) is 72.0 Å². The van der Waals surface area contributed by atoms with Crippen LogP contribution in [0.2, 0.25) is 0 Å². The van der Waals surface area contributed by atoms with Gasteiger partial charge in [-0.3, -0.25) is 5.01 Å². The summed E-state index contributed by atoms with van der Waals surface area (Å²) in [6, 6.07) is 11.4. The van der Waals surface area contributed by atoms with Crippen molar-refractivity contribution in [2.75, 3.05) is 31.6 Å². The fraction of sp³-hybridized carbons (Fsp3) is 0.320. The van der Waals surface area contributed by atoms with Crippen molar-refractivity contribution in [2.45, 2.75) is 25.0 Å².